The van der Waals surface area contributed by atoms with Crippen LogP contribution in [-0.4, -0.2) is 54.7 Å². The summed E-state index contributed by atoms with van der Waals surface area (Å²) in [7, 11) is 2.92. The summed E-state index contributed by atoms with van der Waals surface area (Å²) in [6.45, 7) is -1.25. The molecule has 9 nitrogen and oxygen atoms in total. The SMILES string of the molecule is COc1ncc(-c2cc(C3C[C@@H]3c3cc4c(cnn4CC(F)(F)F)cc3F)c3nccn3n2)c(OC)n1. The number of imidazole rings is 1. The number of benzene rings is 1. The fourth-order valence-corrected chi connectivity index (χ4v) is 4.70. The Morgan fingerprint density at radius 3 is 2.59 bits per heavy atom. The van der Waals surface area contributed by atoms with Crippen molar-refractivity contribution in [1.29, 1.82) is 0 Å². The van der Waals surface area contributed by atoms with Crippen molar-refractivity contribution in [3.05, 3.63) is 59.9 Å². The van der Waals surface area contributed by atoms with E-state index >= 15 is 4.39 Å². The van der Waals surface area contributed by atoms with E-state index in [4.69, 9.17) is 9.47 Å². The Bertz CT molecular complexity index is 1650. The lowest BCUT2D eigenvalue weighted by molar-refractivity contribution is -0.141. The van der Waals surface area contributed by atoms with Gasteiger partial charge in [0.1, 0.15) is 12.4 Å². The molecular weight excluding hydrogens is 494 g/mol. The number of aromatic nitrogens is 7. The van der Waals surface area contributed by atoms with Crippen molar-refractivity contribution in [2.75, 3.05) is 14.2 Å². The minimum absolute atomic E-state index is 0.122. The van der Waals surface area contributed by atoms with E-state index in [2.05, 4.69) is 25.1 Å². The molecule has 0 bridgehead atoms. The van der Waals surface area contributed by atoms with E-state index in [-0.39, 0.29) is 29.2 Å². The molecule has 0 radical (unpaired) electrons. The maximum atomic E-state index is 15.1. The van der Waals surface area contributed by atoms with Crippen LogP contribution in [-0.2, 0) is 6.54 Å². The van der Waals surface area contributed by atoms with Crippen molar-refractivity contribution in [2.45, 2.75) is 31.0 Å². The van der Waals surface area contributed by atoms with Crippen LogP contribution in [0.25, 0.3) is 27.8 Å². The highest BCUT2D eigenvalue weighted by Crippen LogP contribution is 2.56. The first kappa shape index (κ1) is 23.1. The van der Waals surface area contributed by atoms with Crippen LogP contribution in [0.3, 0.4) is 0 Å². The number of hydrogen-bond donors (Lipinski definition) is 0. The van der Waals surface area contributed by atoms with E-state index in [0.29, 0.717) is 34.3 Å². The number of methoxy groups -OCH3 is 2. The van der Waals surface area contributed by atoms with Crippen molar-refractivity contribution >= 4 is 16.6 Å². The molecule has 0 aliphatic heterocycles. The van der Waals surface area contributed by atoms with Gasteiger partial charge in [-0.25, -0.2) is 18.9 Å². The Balaban J connectivity index is 1.40. The van der Waals surface area contributed by atoms with Crippen LogP contribution in [0.15, 0.2) is 43.0 Å². The predicted molar refractivity (Wildman–Crippen MR) is 123 cm³/mol. The summed E-state index contributed by atoms with van der Waals surface area (Å²) < 4.78 is 67.0. The molecule has 0 amide bonds. The molecule has 1 unspecified atom stereocenters. The van der Waals surface area contributed by atoms with Gasteiger partial charge in [-0.15, -0.1) is 0 Å². The van der Waals surface area contributed by atoms with Crippen LogP contribution in [0.1, 0.15) is 29.4 Å². The molecule has 1 saturated carbocycles. The molecule has 1 aromatic carbocycles. The van der Waals surface area contributed by atoms with Gasteiger partial charge in [-0.3, -0.25) is 4.68 Å². The fourth-order valence-electron chi connectivity index (χ4n) is 4.70. The molecule has 13 heteroatoms. The third kappa shape index (κ3) is 4.09. The zero-order chi connectivity index (χ0) is 25.9. The molecule has 1 aliphatic carbocycles. The largest absolute Gasteiger partial charge is 0.480 e. The monoisotopic (exact) mass is 513 g/mol. The molecule has 1 fully saturated rings. The summed E-state index contributed by atoms with van der Waals surface area (Å²) in [5.41, 5.74) is 3.05. The van der Waals surface area contributed by atoms with Crippen molar-refractivity contribution in [3.8, 4) is 23.1 Å². The molecule has 0 spiro atoms. The average molecular weight is 513 g/mol. The zero-order valence-corrected chi connectivity index (χ0v) is 19.6. The van der Waals surface area contributed by atoms with Crippen molar-refractivity contribution in [2.24, 2.45) is 0 Å². The summed E-state index contributed by atoms with van der Waals surface area (Å²) in [6.07, 6.45) is 2.24. The van der Waals surface area contributed by atoms with Crippen LogP contribution in [0.2, 0.25) is 0 Å². The molecule has 37 heavy (non-hydrogen) atoms. The summed E-state index contributed by atoms with van der Waals surface area (Å²) in [5.74, 6) is -0.580. The highest BCUT2D eigenvalue weighted by molar-refractivity contribution is 5.80. The number of hydrogen-bond acceptors (Lipinski definition) is 7. The molecule has 1 aliphatic rings. The molecule has 190 valence electrons. The summed E-state index contributed by atoms with van der Waals surface area (Å²) in [5, 5.41) is 8.72. The highest BCUT2D eigenvalue weighted by atomic mass is 19.4. The standard InChI is InChI=1S/C24H19F4N7O2/c1-36-22-17(10-30-23(32-22)37-2)19-7-16(21-29-3-4-34(21)33-19)14-6-13(14)15-8-20-12(5-18(15)25)9-31-35(20)11-24(26,27)28/h3-5,7-10,13-14H,6,11H2,1-2H3/t13-,14?/m0/s1. The predicted octanol–water partition coefficient (Wildman–Crippen LogP) is 4.53. The van der Waals surface area contributed by atoms with Crippen molar-refractivity contribution in [1.82, 2.24) is 34.3 Å². The van der Waals surface area contributed by atoms with Gasteiger partial charge in [0.25, 0.3) is 0 Å². The third-order valence-corrected chi connectivity index (χ3v) is 6.45. The van der Waals surface area contributed by atoms with E-state index in [1.807, 2.05) is 6.07 Å². The zero-order valence-electron chi connectivity index (χ0n) is 19.6. The second kappa shape index (κ2) is 8.39. The summed E-state index contributed by atoms with van der Waals surface area (Å²) in [4.78, 5) is 12.8. The Morgan fingerprint density at radius 1 is 1.03 bits per heavy atom. The molecule has 5 aromatic rings. The van der Waals surface area contributed by atoms with Gasteiger partial charge in [-0.2, -0.15) is 28.4 Å². The fraction of sp³-hybridized carbons (Fsp3) is 0.292. The Labute approximate surface area is 206 Å². The van der Waals surface area contributed by atoms with Gasteiger partial charge in [-0.05, 0) is 42.0 Å². The first-order chi connectivity index (χ1) is 17.8. The first-order valence-electron chi connectivity index (χ1n) is 11.3. The molecule has 4 aromatic heterocycles. The third-order valence-electron chi connectivity index (χ3n) is 6.45. The van der Waals surface area contributed by atoms with Gasteiger partial charge in [0.05, 0.1) is 37.2 Å². The second-order valence-electron chi connectivity index (χ2n) is 8.76. The lowest BCUT2D eigenvalue weighted by Gasteiger charge is -2.11. The Morgan fingerprint density at radius 2 is 1.84 bits per heavy atom. The number of fused-ring (bicyclic) bond motifs is 2. The van der Waals surface area contributed by atoms with E-state index < -0.39 is 18.5 Å². The average Bonchev–Trinajstić information content (AvgIpc) is 3.35. The second-order valence-corrected chi connectivity index (χ2v) is 8.76. The summed E-state index contributed by atoms with van der Waals surface area (Å²) >= 11 is 0. The molecular formula is C24H19F4N7O2. The number of rotatable bonds is 6. The van der Waals surface area contributed by atoms with Crippen LogP contribution < -0.4 is 9.47 Å². The first-order valence-corrected chi connectivity index (χ1v) is 11.3. The van der Waals surface area contributed by atoms with Crippen LogP contribution in [0, 0.1) is 5.82 Å². The molecule has 0 saturated heterocycles. The van der Waals surface area contributed by atoms with Gasteiger partial charge in [0.15, 0.2) is 5.65 Å². The van der Waals surface area contributed by atoms with E-state index in [0.717, 1.165) is 10.2 Å². The topological polar surface area (TPSA) is 92.3 Å². The number of alkyl halides is 3. The molecule has 6 rings (SSSR count). The van der Waals surface area contributed by atoms with Gasteiger partial charge in [0, 0.05) is 29.5 Å². The van der Waals surface area contributed by atoms with Gasteiger partial charge < -0.3 is 9.47 Å². The van der Waals surface area contributed by atoms with Crippen molar-refractivity contribution in [3.63, 3.8) is 0 Å². The lowest BCUT2D eigenvalue weighted by atomic mass is 10.0. The smallest absolute Gasteiger partial charge is 0.408 e. The number of nitrogens with zero attached hydrogens (tertiary/aromatic N) is 7. The van der Waals surface area contributed by atoms with Crippen LogP contribution >= 0.6 is 0 Å². The van der Waals surface area contributed by atoms with E-state index in [1.165, 1.54) is 32.5 Å². The molecule has 2 atom stereocenters. The van der Waals surface area contributed by atoms with E-state index in [9.17, 15) is 13.2 Å². The van der Waals surface area contributed by atoms with Gasteiger partial charge >= 0.3 is 12.2 Å². The minimum Gasteiger partial charge on any atom is -0.480 e. The van der Waals surface area contributed by atoms with Gasteiger partial charge in [0.2, 0.25) is 5.88 Å². The van der Waals surface area contributed by atoms with Crippen LogP contribution in [0.5, 0.6) is 11.9 Å². The maximum absolute atomic E-state index is 15.1. The number of ether oxygens (including phenoxy) is 2. The normalized spacial score (nSPS) is 17.5. The Hall–Kier alpha value is -4.29. The lowest BCUT2D eigenvalue weighted by Crippen LogP contribution is -2.18. The van der Waals surface area contributed by atoms with Crippen LogP contribution in [0.4, 0.5) is 17.6 Å². The molecule has 4 heterocycles. The quantitative estimate of drug-likeness (QED) is 0.308. The van der Waals surface area contributed by atoms with E-state index in [1.54, 1.807) is 23.1 Å². The maximum Gasteiger partial charge on any atom is 0.408 e. The highest BCUT2D eigenvalue weighted by Gasteiger charge is 2.43. The van der Waals surface area contributed by atoms with Gasteiger partial charge in [-0.1, -0.05) is 0 Å². The Kier molecular flexibility index (Phi) is 5.24. The number of halogens is 4. The molecule has 0 N–H and O–H groups in total. The minimum atomic E-state index is -4.44. The van der Waals surface area contributed by atoms with Crippen molar-refractivity contribution < 1.29 is 27.0 Å². The summed E-state index contributed by atoms with van der Waals surface area (Å²) in [6, 6.07) is 4.69.